The fourth-order valence-corrected chi connectivity index (χ4v) is 3.39. The molecular formula is C28H26F2N6. The Morgan fingerprint density at radius 2 is 0.917 bits per heavy atom. The molecule has 8 heteroatoms. The number of rotatable bonds is 9. The Hall–Kier alpha value is -4.46. The fraction of sp³-hybridized carbons (Fsp3) is 0.143. The van der Waals surface area contributed by atoms with Gasteiger partial charge in [0.15, 0.2) is 0 Å². The highest BCUT2D eigenvalue weighted by atomic mass is 19.1. The summed E-state index contributed by atoms with van der Waals surface area (Å²) in [6.45, 7) is 5.05. The van der Waals surface area contributed by atoms with Crippen molar-refractivity contribution in [3.8, 4) is 0 Å². The van der Waals surface area contributed by atoms with Crippen LogP contribution in [0.15, 0.2) is 105 Å². The van der Waals surface area contributed by atoms with Gasteiger partial charge in [0.05, 0.1) is 22.7 Å². The predicted octanol–water partition coefficient (Wildman–Crippen LogP) is 8.94. The largest absolute Gasteiger partial charge is 0.383 e. The van der Waals surface area contributed by atoms with Gasteiger partial charge in [-0.2, -0.15) is 20.5 Å². The molecule has 0 atom stereocenters. The Labute approximate surface area is 208 Å². The molecule has 0 aliphatic rings. The van der Waals surface area contributed by atoms with Gasteiger partial charge in [-0.3, -0.25) is 0 Å². The second kappa shape index (κ2) is 11.8. The molecule has 0 radical (unpaired) electrons. The van der Waals surface area contributed by atoms with Crippen LogP contribution in [-0.2, 0) is 0 Å². The standard InChI is InChI=1S/C28H26F2N6/c1-19-17-21(29)3-13-27(19)35-33-25-9-5-23(6-10-25)31-15-16-32-24-7-11-26(12-8-24)34-36-28-14-4-22(30)18-20(28)2/h3-14,17-18,31-32H,15-16H2,1-2H3. The molecule has 0 amide bonds. The molecule has 36 heavy (non-hydrogen) atoms. The lowest BCUT2D eigenvalue weighted by atomic mass is 10.2. The summed E-state index contributed by atoms with van der Waals surface area (Å²) in [6, 6.07) is 24.1. The molecule has 182 valence electrons. The Morgan fingerprint density at radius 3 is 1.28 bits per heavy atom. The number of azo groups is 2. The lowest BCUT2D eigenvalue weighted by Crippen LogP contribution is -2.13. The molecule has 0 fully saturated rings. The fourth-order valence-electron chi connectivity index (χ4n) is 3.39. The maximum atomic E-state index is 13.2. The molecule has 0 spiro atoms. The van der Waals surface area contributed by atoms with Crippen LogP contribution in [0.4, 0.5) is 42.9 Å². The van der Waals surface area contributed by atoms with Crippen LogP contribution < -0.4 is 10.6 Å². The van der Waals surface area contributed by atoms with E-state index in [4.69, 9.17) is 0 Å². The van der Waals surface area contributed by atoms with Crippen molar-refractivity contribution in [3.63, 3.8) is 0 Å². The van der Waals surface area contributed by atoms with E-state index in [0.29, 0.717) is 22.7 Å². The molecular weight excluding hydrogens is 458 g/mol. The molecule has 4 aromatic carbocycles. The van der Waals surface area contributed by atoms with Crippen molar-refractivity contribution in [2.75, 3.05) is 23.7 Å². The number of halogens is 2. The molecule has 4 rings (SSSR count). The highest BCUT2D eigenvalue weighted by molar-refractivity contribution is 5.53. The molecule has 0 saturated heterocycles. The molecule has 0 unspecified atom stereocenters. The van der Waals surface area contributed by atoms with Gasteiger partial charge in [-0.15, -0.1) is 0 Å². The molecule has 0 heterocycles. The van der Waals surface area contributed by atoms with Gasteiger partial charge in [-0.05, 0) is 110 Å². The second-order valence-corrected chi connectivity index (χ2v) is 8.21. The SMILES string of the molecule is Cc1cc(F)ccc1N=Nc1ccc(NCCNc2ccc(N=Nc3ccc(F)cc3C)cc2)cc1. The Bertz CT molecular complexity index is 1260. The predicted molar refractivity (Wildman–Crippen MR) is 140 cm³/mol. The third-order valence-corrected chi connectivity index (χ3v) is 5.38. The minimum atomic E-state index is -0.284. The number of anilines is 2. The van der Waals surface area contributed by atoms with Crippen molar-refractivity contribution in [1.82, 2.24) is 0 Å². The highest BCUT2D eigenvalue weighted by Crippen LogP contribution is 2.25. The van der Waals surface area contributed by atoms with Gasteiger partial charge in [-0.25, -0.2) is 8.78 Å². The quantitative estimate of drug-likeness (QED) is 0.184. The number of nitrogens with one attached hydrogen (secondary N) is 2. The van der Waals surface area contributed by atoms with E-state index in [1.165, 1.54) is 24.3 Å². The first-order valence-corrected chi connectivity index (χ1v) is 11.5. The van der Waals surface area contributed by atoms with Crippen molar-refractivity contribution in [2.24, 2.45) is 20.5 Å². The zero-order valence-electron chi connectivity index (χ0n) is 20.0. The minimum absolute atomic E-state index is 0.284. The molecule has 4 aromatic rings. The average Bonchev–Trinajstić information content (AvgIpc) is 2.87. The summed E-state index contributed by atoms with van der Waals surface area (Å²) < 4.78 is 26.4. The van der Waals surface area contributed by atoms with Crippen LogP contribution >= 0.6 is 0 Å². The zero-order chi connectivity index (χ0) is 25.3. The number of aryl methyl sites for hydroxylation is 2. The molecule has 0 saturated carbocycles. The number of hydrogen-bond donors (Lipinski definition) is 2. The van der Waals surface area contributed by atoms with Gasteiger partial charge in [0.1, 0.15) is 11.6 Å². The summed E-state index contributed by atoms with van der Waals surface area (Å²) in [5.74, 6) is -0.568. The van der Waals surface area contributed by atoms with Crippen LogP contribution in [0.5, 0.6) is 0 Å². The minimum Gasteiger partial charge on any atom is -0.383 e. The Morgan fingerprint density at radius 1 is 0.528 bits per heavy atom. The van der Waals surface area contributed by atoms with Gasteiger partial charge in [0.2, 0.25) is 0 Å². The summed E-state index contributed by atoms with van der Waals surface area (Å²) >= 11 is 0. The van der Waals surface area contributed by atoms with E-state index in [9.17, 15) is 8.78 Å². The van der Waals surface area contributed by atoms with Crippen LogP contribution in [0, 0.1) is 25.5 Å². The van der Waals surface area contributed by atoms with E-state index in [1.54, 1.807) is 26.0 Å². The van der Waals surface area contributed by atoms with E-state index in [-0.39, 0.29) is 11.6 Å². The van der Waals surface area contributed by atoms with Gasteiger partial charge in [0, 0.05) is 24.5 Å². The molecule has 2 N–H and O–H groups in total. The molecule has 6 nitrogen and oxygen atoms in total. The average molecular weight is 485 g/mol. The van der Waals surface area contributed by atoms with Crippen molar-refractivity contribution in [2.45, 2.75) is 13.8 Å². The van der Waals surface area contributed by atoms with Crippen molar-refractivity contribution < 1.29 is 8.78 Å². The van der Waals surface area contributed by atoms with Crippen LogP contribution in [-0.4, -0.2) is 13.1 Å². The van der Waals surface area contributed by atoms with Gasteiger partial charge < -0.3 is 10.6 Å². The first-order chi connectivity index (χ1) is 17.5. The normalized spacial score (nSPS) is 11.3. The van der Waals surface area contributed by atoms with E-state index in [0.717, 1.165) is 35.6 Å². The third kappa shape index (κ3) is 7.02. The maximum Gasteiger partial charge on any atom is 0.123 e. The molecule has 0 bridgehead atoms. The lowest BCUT2D eigenvalue weighted by molar-refractivity contribution is 0.626. The second-order valence-electron chi connectivity index (χ2n) is 8.21. The highest BCUT2D eigenvalue weighted by Gasteiger charge is 2.00. The van der Waals surface area contributed by atoms with E-state index in [2.05, 4.69) is 31.1 Å². The van der Waals surface area contributed by atoms with Crippen molar-refractivity contribution >= 4 is 34.1 Å². The summed E-state index contributed by atoms with van der Waals surface area (Å²) in [5.41, 5.74) is 6.14. The summed E-state index contributed by atoms with van der Waals surface area (Å²) in [6.07, 6.45) is 0. The van der Waals surface area contributed by atoms with Crippen molar-refractivity contribution in [3.05, 3.63) is 108 Å². The monoisotopic (exact) mass is 484 g/mol. The van der Waals surface area contributed by atoms with Gasteiger partial charge in [0.25, 0.3) is 0 Å². The summed E-state index contributed by atoms with van der Waals surface area (Å²) in [5, 5.41) is 23.5. The van der Waals surface area contributed by atoms with E-state index < -0.39 is 0 Å². The first-order valence-electron chi connectivity index (χ1n) is 11.5. The smallest absolute Gasteiger partial charge is 0.123 e. The molecule has 0 aliphatic heterocycles. The zero-order valence-corrected chi connectivity index (χ0v) is 20.0. The van der Waals surface area contributed by atoms with Gasteiger partial charge >= 0.3 is 0 Å². The van der Waals surface area contributed by atoms with E-state index >= 15 is 0 Å². The van der Waals surface area contributed by atoms with Crippen LogP contribution in [0.25, 0.3) is 0 Å². The number of benzene rings is 4. The molecule has 0 aromatic heterocycles. The summed E-state index contributed by atoms with van der Waals surface area (Å²) in [4.78, 5) is 0. The lowest BCUT2D eigenvalue weighted by Gasteiger charge is -2.09. The first kappa shape index (κ1) is 24.7. The Balaban J connectivity index is 1.22. The van der Waals surface area contributed by atoms with Crippen molar-refractivity contribution in [1.29, 1.82) is 0 Å². The maximum absolute atomic E-state index is 13.2. The van der Waals surface area contributed by atoms with E-state index in [1.807, 2.05) is 48.5 Å². The van der Waals surface area contributed by atoms with Crippen LogP contribution in [0.3, 0.4) is 0 Å². The number of nitrogens with zero attached hydrogens (tertiary/aromatic N) is 4. The van der Waals surface area contributed by atoms with Gasteiger partial charge in [-0.1, -0.05) is 0 Å². The molecule has 0 aliphatic carbocycles. The summed E-state index contributed by atoms with van der Waals surface area (Å²) in [7, 11) is 0. The third-order valence-electron chi connectivity index (χ3n) is 5.38. The van der Waals surface area contributed by atoms with Crippen LogP contribution in [0.2, 0.25) is 0 Å². The van der Waals surface area contributed by atoms with Crippen LogP contribution in [0.1, 0.15) is 11.1 Å². The topological polar surface area (TPSA) is 73.5 Å². The number of hydrogen-bond acceptors (Lipinski definition) is 6. The Kier molecular flexibility index (Phi) is 8.08.